The average Bonchev–Trinajstić information content (AvgIpc) is 2.16. The monoisotopic (exact) mass is 162 g/mol. The average molecular weight is 162 g/mol. The molecule has 1 N–H and O–H groups in total. The molecule has 0 unspecified atom stereocenters. The van der Waals surface area contributed by atoms with Crippen molar-refractivity contribution in [3.63, 3.8) is 0 Å². The molecule has 0 aliphatic heterocycles. The van der Waals surface area contributed by atoms with Crippen molar-refractivity contribution in [1.29, 1.82) is 0 Å². The van der Waals surface area contributed by atoms with Crippen LogP contribution in [0.5, 0.6) is 0 Å². The maximum absolute atomic E-state index is 4.02. The number of aromatic nitrogens is 1. The highest BCUT2D eigenvalue weighted by Crippen LogP contribution is 1.99. The second kappa shape index (κ2) is 4.67. The third-order valence-electron chi connectivity index (χ3n) is 1.72. The second-order valence-corrected chi connectivity index (χ2v) is 2.72. The Morgan fingerprint density at radius 1 is 1.58 bits per heavy atom. The largest absolute Gasteiger partial charge is 0.314 e. The summed E-state index contributed by atoms with van der Waals surface area (Å²) in [5.74, 6) is 0. The molecule has 12 heavy (non-hydrogen) atoms. The van der Waals surface area contributed by atoms with Crippen molar-refractivity contribution >= 4 is 6.08 Å². The summed E-state index contributed by atoms with van der Waals surface area (Å²) in [7, 11) is 1.94. The van der Waals surface area contributed by atoms with Crippen LogP contribution in [0.3, 0.4) is 0 Å². The number of nitrogens with one attached hydrogen (secondary N) is 1. The van der Waals surface area contributed by atoms with Crippen LogP contribution in [0, 0.1) is 0 Å². The molecule has 1 aromatic heterocycles. The summed E-state index contributed by atoms with van der Waals surface area (Å²) in [5.41, 5.74) is 1.14. The summed E-state index contributed by atoms with van der Waals surface area (Å²) < 4.78 is 0. The van der Waals surface area contributed by atoms with Crippen molar-refractivity contribution in [3.8, 4) is 0 Å². The van der Waals surface area contributed by atoms with Gasteiger partial charge >= 0.3 is 0 Å². The highest BCUT2D eigenvalue weighted by molar-refractivity contribution is 5.47. The molecule has 1 atom stereocenters. The maximum Gasteiger partial charge on any atom is 0.0340 e. The third-order valence-corrected chi connectivity index (χ3v) is 1.72. The van der Waals surface area contributed by atoms with Gasteiger partial charge in [-0.05, 0) is 25.6 Å². The van der Waals surface area contributed by atoms with Crippen LogP contribution < -0.4 is 5.32 Å². The van der Waals surface area contributed by atoms with Crippen LogP contribution >= 0.6 is 0 Å². The van der Waals surface area contributed by atoms with Crippen LogP contribution in [-0.4, -0.2) is 18.1 Å². The first-order valence-corrected chi connectivity index (χ1v) is 4.08. The van der Waals surface area contributed by atoms with Gasteiger partial charge in [0.15, 0.2) is 0 Å². The number of rotatable bonds is 3. The molecule has 2 heteroatoms. The van der Waals surface area contributed by atoms with E-state index in [2.05, 4.69) is 29.4 Å². The van der Waals surface area contributed by atoms with Crippen LogP contribution in [0.25, 0.3) is 6.08 Å². The van der Waals surface area contributed by atoms with E-state index >= 15 is 0 Å². The molecule has 0 fully saturated rings. The van der Waals surface area contributed by atoms with Crippen LogP contribution in [0.15, 0.2) is 30.6 Å². The summed E-state index contributed by atoms with van der Waals surface area (Å²) in [6, 6.07) is 4.38. The van der Waals surface area contributed by atoms with E-state index in [1.807, 2.05) is 25.4 Å². The summed E-state index contributed by atoms with van der Waals surface area (Å²) in [6.07, 6.45) is 7.79. The van der Waals surface area contributed by atoms with E-state index in [0.29, 0.717) is 6.04 Å². The Hall–Kier alpha value is -1.15. The Morgan fingerprint density at radius 3 is 3.00 bits per heavy atom. The minimum atomic E-state index is 0.408. The molecular weight excluding hydrogens is 148 g/mol. The van der Waals surface area contributed by atoms with Crippen LogP contribution in [0.1, 0.15) is 12.5 Å². The summed E-state index contributed by atoms with van der Waals surface area (Å²) in [4.78, 5) is 4.02. The van der Waals surface area contributed by atoms with Crippen molar-refractivity contribution in [3.05, 3.63) is 36.2 Å². The number of pyridine rings is 1. The molecule has 0 aliphatic carbocycles. The molecule has 64 valence electrons. The van der Waals surface area contributed by atoms with E-state index in [1.165, 1.54) is 0 Å². The molecule has 0 bridgehead atoms. The summed E-state index contributed by atoms with van der Waals surface area (Å²) in [6.45, 7) is 2.10. The Morgan fingerprint density at radius 2 is 2.42 bits per heavy atom. The zero-order chi connectivity index (χ0) is 8.81. The molecule has 0 spiro atoms. The van der Waals surface area contributed by atoms with Gasteiger partial charge in [0.2, 0.25) is 0 Å². The van der Waals surface area contributed by atoms with Crippen LogP contribution in [0.2, 0.25) is 0 Å². The second-order valence-electron chi connectivity index (χ2n) is 2.72. The molecule has 0 saturated heterocycles. The zero-order valence-corrected chi connectivity index (χ0v) is 7.49. The van der Waals surface area contributed by atoms with Crippen LogP contribution in [0.4, 0.5) is 0 Å². The Labute approximate surface area is 73.3 Å². The van der Waals surface area contributed by atoms with Gasteiger partial charge in [0.1, 0.15) is 0 Å². The van der Waals surface area contributed by atoms with Gasteiger partial charge in [-0.3, -0.25) is 4.98 Å². The van der Waals surface area contributed by atoms with Crippen molar-refractivity contribution in [2.24, 2.45) is 0 Å². The topological polar surface area (TPSA) is 24.9 Å². The summed E-state index contributed by atoms with van der Waals surface area (Å²) in [5, 5.41) is 3.13. The molecule has 1 rings (SSSR count). The molecule has 0 saturated carbocycles. The molecule has 0 radical (unpaired) electrons. The lowest BCUT2D eigenvalue weighted by Gasteiger charge is -2.01. The van der Waals surface area contributed by atoms with E-state index in [-0.39, 0.29) is 0 Å². The SMILES string of the molecule is CN[C@H](C)/C=C/c1cccnc1. The first-order chi connectivity index (χ1) is 5.83. The molecular formula is C10H14N2. The number of nitrogens with zero attached hydrogens (tertiary/aromatic N) is 1. The van der Waals surface area contributed by atoms with Crippen molar-refractivity contribution < 1.29 is 0 Å². The first-order valence-electron chi connectivity index (χ1n) is 4.08. The predicted molar refractivity (Wildman–Crippen MR) is 51.8 cm³/mol. The van der Waals surface area contributed by atoms with E-state index < -0.39 is 0 Å². The molecule has 1 heterocycles. The lowest BCUT2D eigenvalue weighted by Crippen LogP contribution is -2.17. The fourth-order valence-corrected chi connectivity index (χ4v) is 0.826. The Bertz CT molecular complexity index is 241. The minimum absolute atomic E-state index is 0.408. The van der Waals surface area contributed by atoms with E-state index in [9.17, 15) is 0 Å². The Balaban J connectivity index is 2.58. The van der Waals surface area contributed by atoms with Gasteiger partial charge in [-0.1, -0.05) is 18.2 Å². The van der Waals surface area contributed by atoms with E-state index in [0.717, 1.165) is 5.56 Å². The van der Waals surface area contributed by atoms with Crippen molar-refractivity contribution in [2.75, 3.05) is 7.05 Å². The van der Waals surface area contributed by atoms with Gasteiger partial charge in [0, 0.05) is 18.4 Å². The highest BCUT2D eigenvalue weighted by atomic mass is 14.8. The van der Waals surface area contributed by atoms with E-state index in [1.54, 1.807) is 6.20 Å². The van der Waals surface area contributed by atoms with Gasteiger partial charge in [0.05, 0.1) is 0 Å². The van der Waals surface area contributed by atoms with E-state index in [4.69, 9.17) is 0 Å². The molecule has 0 amide bonds. The smallest absolute Gasteiger partial charge is 0.0340 e. The third kappa shape index (κ3) is 2.84. The standard InChI is InChI=1S/C10H14N2/c1-9(11-2)5-6-10-4-3-7-12-8-10/h3-9,11H,1-2H3/b6-5+/t9-/m1/s1. The number of likely N-dealkylation sites (N-methyl/N-ethyl adjacent to an activating group) is 1. The number of hydrogen-bond acceptors (Lipinski definition) is 2. The van der Waals surface area contributed by atoms with Gasteiger partial charge in [-0.25, -0.2) is 0 Å². The normalized spacial score (nSPS) is 13.5. The molecule has 0 aromatic carbocycles. The van der Waals surface area contributed by atoms with Gasteiger partial charge < -0.3 is 5.32 Å². The van der Waals surface area contributed by atoms with Gasteiger partial charge in [0.25, 0.3) is 0 Å². The molecule has 1 aromatic rings. The van der Waals surface area contributed by atoms with Gasteiger partial charge in [-0.2, -0.15) is 0 Å². The van der Waals surface area contributed by atoms with Crippen molar-refractivity contribution in [2.45, 2.75) is 13.0 Å². The lowest BCUT2D eigenvalue weighted by molar-refractivity contribution is 0.731. The Kier molecular flexibility index (Phi) is 3.48. The lowest BCUT2D eigenvalue weighted by atomic mass is 10.2. The highest BCUT2D eigenvalue weighted by Gasteiger charge is 1.89. The fraction of sp³-hybridized carbons (Fsp3) is 0.300. The predicted octanol–water partition coefficient (Wildman–Crippen LogP) is 1.70. The molecule has 2 nitrogen and oxygen atoms in total. The maximum atomic E-state index is 4.02. The minimum Gasteiger partial charge on any atom is -0.314 e. The quantitative estimate of drug-likeness (QED) is 0.731. The first kappa shape index (κ1) is 8.94. The molecule has 0 aliphatic rings. The van der Waals surface area contributed by atoms with Crippen LogP contribution in [-0.2, 0) is 0 Å². The fourth-order valence-electron chi connectivity index (χ4n) is 0.826. The van der Waals surface area contributed by atoms with Gasteiger partial charge in [-0.15, -0.1) is 0 Å². The van der Waals surface area contributed by atoms with Crippen molar-refractivity contribution in [1.82, 2.24) is 10.3 Å². The number of hydrogen-bond donors (Lipinski definition) is 1. The summed E-state index contributed by atoms with van der Waals surface area (Å²) >= 11 is 0. The zero-order valence-electron chi connectivity index (χ0n) is 7.49.